The molecule has 1 fully saturated rings. The number of hydrogen-bond acceptors (Lipinski definition) is 2. The molecule has 112 valence electrons. The first-order valence-corrected chi connectivity index (χ1v) is 8.22. The van der Waals surface area contributed by atoms with Crippen LogP contribution in [0.4, 0.5) is 5.69 Å². The van der Waals surface area contributed by atoms with E-state index >= 15 is 0 Å². The monoisotopic (exact) mass is 294 g/mol. The van der Waals surface area contributed by atoms with Crippen molar-refractivity contribution in [1.82, 2.24) is 5.32 Å². The summed E-state index contributed by atoms with van der Waals surface area (Å²) in [5.74, 6) is 1.57. The molecule has 0 heterocycles. The minimum atomic E-state index is 0.680. The van der Waals surface area contributed by atoms with E-state index in [-0.39, 0.29) is 0 Å². The number of benzene rings is 1. The van der Waals surface area contributed by atoms with Gasteiger partial charge < -0.3 is 10.2 Å². The van der Waals surface area contributed by atoms with E-state index in [0.29, 0.717) is 5.92 Å². The molecule has 1 N–H and O–H groups in total. The predicted octanol–water partition coefficient (Wildman–Crippen LogP) is 4.32. The molecule has 0 spiro atoms. The Bertz CT molecular complexity index is 427. The van der Waals surface area contributed by atoms with Crippen molar-refractivity contribution < 1.29 is 0 Å². The fourth-order valence-electron chi connectivity index (χ4n) is 2.49. The van der Waals surface area contributed by atoms with Gasteiger partial charge in [-0.05, 0) is 55.8 Å². The van der Waals surface area contributed by atoms with E-state index in [4.69, 9.17) is 11.6 Å². The Kier molecular flexibility index (Phi) is 5.74. The lowest BCUT2D eigenvalue weighted by molar-refractivity contribution is 0.551. The van der Waals surface area contributed by atoms with Crippen LogP contribution in [0.25, 0.3) is 0 Å². The average Bonchev–Trinajstić information content (AvgIpc) is 3.21. The molecule has 0 amide bonds. The summed E-state index contributed by atoms with van der Waals surface area (Å²) in [5, 5.41) is 4.37. The van der Waals surface area contributed by atoms with E-state index in [2.05, 4.69) is 43.1 Å². The van der Waals surface area contributed by atoms with Crippen molar-refractivity contribution >= 4 is 17.3 Å². The number of rotatable bonds is 8. The molecule has 20 heavy (non-hydrogen) atoms. The highest BCUT2D eigenvalue weighted by atomic mass is 35.5. The lowest BCUT2D eigenvalue weighted by Gasteiger charge is -2.26. The summed E-state index contributed by atoms with van der Waals surface area (Å²) in [7, 11) is 0. The SMILES string of the molecule is CCN(CC1CC1)c1cc(Cl)ccc1CNCC(C)C. The molecule has 1 aromatic rings. The summed E-state index contributed by atoms with van der Waals surface area (Å²) in [4.78, 5) is 2.48. The Labute approximate surface area is 128 Å². The fraction of sp³-hybridized carbons (Fsp3) is 0.647. The van der Waals surface area contributed by atoms with E-state index in [9.17, 15) is 0 Å². The Hall–Kier alpha value is -0.730. The van der Waals surface area contributed by atoms with Crippen LogP contribution in [0.1, 0.15) is 39.2 Å². The molecule has 0 saturated heterocycles. The highest BCUT2D eigenvalue weighted by Gasteiger charge is 2.24. The minimum absolute atomic E-state index is 0.680. The number of hydrogen-bond donors (Lipinski definition) is 1. The van der Waals surface area contributed by atoms with Gasteiger partial charge in [0.25, 0.3) is 0 Å². The normalized spacial score (nSPS) is 14.8. The van der Waals surface area contributed by atoms with Crippen LogP contribution in [0.15, 0.2) is 18.2 Å². The standard InChI is InChI=1S/C17H27ClN2/c1-4-20(12-14-5-6-14)17-9-16(18)8-7-15(17)11-19-10-13(2)3/h7-9,13-14,19H,4-6,10-12H2,1-3H3. The van der Waals surface area contributed by atoms with E-state index in [1.807, 2.05) is 6.07 Å². The number of halogens is 1. The van der Waals surface area contributed by atoms with E-state index < -0.39 is 0 Å². The van der Waals surface area contributed by atoms with Gasteiger partial charge in [0.15, 0.2) is 0 Å². The van der Waals surface area contributed by atoms with Crippen LogP contribution in [0.2, 0.25) is 5.02 Å². The molecule has 3 heteroatoms. The second-order valence-electron chi connectivity index (χ2n) is 6.28. The molecule has 2 rings (SSSR count). The zero-order valence-corrected chi connectivity index (χ0v) is 13.7. The molecule has 0 radical (unpaired) electrons. The third-order valence-electron chi connectivity index (χ3n) is 3.81. The van der Waals surface area contributed by atoms with Crippen LogP contribution in [-0.4, -0.2) is 19.6 Å². The van der Waals surface area contributed by atoms with Gasteiger partial charge in [0, 0.05) is 30.3 Å². The minimum Gasteiger partial charge on any atom is -0.371 e. The maximum atomic E-state index is 6.21. The largest absolute Gasteiger partial charge is 0.371 e. The first kappa shape index (κ1) is 15.7. The topological polar surface area (TPSA) is 15.3 Å². The maximum absolute atomic E-state index is 6.21. The zero-order valence-electron chi connectivity index (χ0n) is 13.0. The summed E-state index contributed by atoms with van der Waals surface area (Å²) < 4.78 is 0. The third-order valence-corrected chi connectivity index (χ3v) is 4.05. The van der Waals surface area contributed by atoms with Crippen molar-refractivity contribution in [3.63, 3.8) is 0 Å². The van der Waals surface area contributed by atoms with Crippen LogP contribution < -0.4 is 10.2 Å². The molecule has 0 atom stereocenters. The Morgan fingerprint density at radius 3 is 2.70 bits per heavy atom. The first-order chi connectivity index (χ1) is 9.60. The summed E-state index contributed by atoms with van der Waals surface area (Å²) in [6.07, 6.45) is 2.77. The molecule has 1 saturated carbocycles. The highest BCUT2D eigenvalue weighted by molar-refractivity contribution is 6.30. The number of nitrogens with zero attached hydrogens (tertiary/aromatic N) is 1. The van der Waals surface area contributed by atoms with Crippen molar-refractivity contribution in [2.24, 2.45) is 11.8 Å². The Morgan fingerprint density at radius 2 is 2.10 bits per heavy atom. The van der Waals surface area contributed by atoms with Crippen molar-refractivity contribution in [3.05, 3.63) is 28.8 Å². The van der Waals surface area contributed by atoms with Crippen LogP contribution in [0.3, 0.4) is 0 Å². The fourth-order valence-corrected chi connectivity index (χ4v) is 2.65. The van der Waals surface area contributed by atoms with Gasteiger partial charge in [-0.1, -0.05) is 31.5 Å². The first-order valence-electron chi connectivity index (χ1n) is 7.84. The zero-order chi connectivity index (χ0) is 14.5. The highest BCUT2D eigenvalue weighted by Crippen LogP contribution is 2.33. The molecule has 0 bridgehead atoms. The third kappa shape index (κ3) is 4.68. The quantitative estimate of drug-likeness (QED) is 0.768. The van der Waals surface area contributed by atoms with Gasteiger partial charge >= 0.3 is 0 Å². The summed E-state index contributed by atoms with van der Waals surface area (Å²) in [5.41, 5.74) is 2.67. The van der Waals surface area contributed by atoms with Gasteiger partial charge in [0.1, 0.15) is 0 Å². The van der Waals surface area contributed by atoms with Crippen LogP contribution in [0, 0.1) is 11.8 Å². The summed E-state index contributed by atoms with van der Waals surface area (Å²) in [6.45, 7) is 10.9. The van der Waals surface area contributed by atoms with Crippen molar-refractivity contribution in [2.45, 2.75) is 40.2 Å². The van der Waals surface area contributed by atoms with Crippen LogP contribution >= 0.6 is 11.6 Å². The molecule has 1 aromatic carbocycles. The van der Waals surface area contributed by atoms with Gasteiger partial charge in [0.05, 0.1) is 0 Å². The summed E-state index contributed by atoms with van der Waals surface area (Å²) in [6, 6.07) is 6.29. The summed E-state index contributed by atoms with van der Waals surface area (Å²) >= 11 is 6.21. The van der Waals surface area contributed by atoms with Gasteiger partial charge in [-0.2, -0.15) is 0 Å². The van der Waals surface area contributed by atoms with Crippen LogP contribution in [0.5, 0.6) is 0 Å². The predicted molar refractivity (Wildman–Crippen MR) is 88.6 cm³/mol. The van der Waals surface area contributed by atoms with E-state index in [1.54, 1.807) is 0 Å². The van der Waals surface area contributed by atoms with Crippen LogP contribution in [-0.2, 0) is 6.54 Å². The lowest BCUT2D eigenvalue weighted by Crippen LogP contribution is -2.28. The maximum Gasteiger partial charge on any atom is 0.0426 e. The second kappa shape index (κ2) is 7.33. The van der Waals surface area contributed by atoms with Crippen molar-refractivity contribution in [2.75, 3.05) is 24.5 Å². The van der Waals surface area contributed by atoms with E-state index in [1.165, 1.54) is 30.6 Å². The van der Waals surface area contributed by atoms with Gasteiger partial charge in [-0.25, -0.2) is 0 Å². The molecular weight excluding hydrogens is 268 g/mol. The molecular formula is C17H27ClN2. The molecule has 1 aliphatic carbocycles. The number of anilines is 1. The lowest BCUT2D eigenvalue weighted by atomic mass is 10.1. The van der Waals surface area contributed by atoms with Gasteiger partial charge in [-0.15, -0.1) is 0 Å². The van der Waals surface area contributed by atoms with E-state index in [0.717, 1.165) is 30.6 Å². The van der Waals surface area contributed by atoms with Gasteiger partial charge in [0.2, 0.25) is 0 Å². The second-order valence-corrected chi connectivity index (χ2v) is 6.72. The Balaban J connectivity index is 2.08. The van der Waals surface area contributed by atoms with Crippen molar-refractivity contribution in [3.8, 4) is 0 Å². The molecule has 2 nitrogen and oxygen atoms in total. The Morgan fingerprint density at radius 1 is 1.35 bits per heavy atom. The molecule has 0 unspecified atom stereocenters. The number of nitrogens with one attached hydrogen (secondary N) is 1. The van der Waals surface area contributed by atoms with Crippen molar-refractivity contribution in [1.29, 1.82) is 0 Å². The molecule has 0 aliphatic heterocycles. The average molecular weight is 295 g/mol. The van der Waals surface area contributed by atoms with Gasteiger partial charge in [-0.3, -0.25) is 0 Å². The molecule has 1 aliphatic rings. The molecule has 0 aromatic heterocycles. The smallest absolute Gasteiger partial charge is 0.0426 e.